The molecule has 1 N–H and O–H groups in total. The van der Waals surface area contributed by atoms with Crippen molar-refractivity contribution in [3.63, 3.8) is 0 Å². The van der Waals surface area contributed by atoms with Crippen molar-refractivity contribution in [3.05, 3.63) is 70.8 Å². The van der Waals surface area contributed by atoms with E-state index in [2.05, 4.69) is 0 Å². The van der Waals surface area contributed by atoms with Gasteiger partial charge in [-0.1, -0.05) is 48.0 Å². The molecule has 0 aromatic heterocycles. The molecule has 0 aliphatic carbocycles. The molecule has 0 amide bonds. The maximum Gasteiger partial charge on any atom is 0.174 e. The van der Waals surface area contributed by atoms with Crippen LogP contribution in [0.3, 0.4) is 0 Å². The molecule has 1 aliphatic rings. The van der Waals surface area contributed by atoms with Crippen molar-refractivity contribution in [3.8, 4) is 11.5 Å². The average molecular weight is 308 g/mol. The van der Waals surface area contributed by atoms with Crippen LogP contribution in [0.5, 0.6) is 11.5 Å². The predicted molar refractivity (Wildman–Crippen MR) is 90.0 cm³/mol. The van der Waals surface area contributed by atoms with E-state index < -0.39 is 0 Å². The fraction of sp³-hybridized carbons (Fsp3) is 0.250. The van der Waals surface area contributed by atoms with Gasteiger partial charge in [-0.2, -0.15) is 0 Å². The lowest BCUT2D eigenvalue weighted by molar-refractivity contribution is 0.0845. The zero-order valence-electron chi connectivity index (χ0n) is 13.4. The van der Waals surface area contributed by atoms with Gasteiger partial charge in [-0.15, -0.1) is 0 Å². The second-order valence-corrected chi connectivity index (χ2v) is 6.08. The standard InChI is InChI=1S/C20H20O3/c1-13(2)8-9-15-10-11-17-19(20(15)22)16(21)12-18(23-17)14-6-4-3-5-7-14/h3-8,10-11,18,22H,9,12H2,1-2H3. The Balaban J connectivity index is 1.93. The number of benzene rings is 2. The quantitative estimate of drug-likeness (QED) is 0.842. The highest BCUT2D eigenvalue weighted by atomic mass is 16.5. The average Bonchev–Trinajstić information content (AvgIpc) is 2.54. The van der Waals surface area contributed by atoms with Gasteiger partial charge in [0.05, 0.1) is 6.42 Å². The summed E-state index contributed by atoms with van der Waals surface area (Å²) in [5.41, 5.74) is 3.21. The molecule has 1 unspecified atom stereocenters. The number of carbonyl (C=O) groups is 1. The van der Waals surface area contributed by atoms with E-state index in [0.717, 1.165) is 11.1 Å². The number of phenols is 1. The Morgan fingerprint density at radius 2 is 1.96 bits per heavy atom. The second kappa shape index (κ2) is 6.29. The summed E-state index contributed by atoms with van der Waals surface area (Å²) in [7, 11) is 0. The van der Waals surface area contributed by atoms with Crippen LogP contribution >= 0.6 is 0 Å². The number of fused-ring (bicyclic) bond motifs is 1. The first-order chi connectivity index (χ1) is 11.1. The number of carbonyl (C=O) groups excluding carboxylic acids is 1. The van der Waals surface area contributed by atoms with Gasteiger partial charge in [-0.3, -0.25) is 4.79 Å². The molecule has 0 saturated heterocycles. The Kier molecular flexibility index (Phi) is 4.20. The van der Waals surface area contributed by atoms with E-state index >= 15 is 0 Å². The molecule has 0 bridgehead atoms. The molecule has 2 aromatic rings. The number of phenolic OH excluding ortho intramolecular Hbond substituents is 1. The minimum Gasteiger partial charge on any atom is -0.507 e. The molecule has 0 radical (unpaired) electrons. The predicted octanol–water partition coefficient (Wildman–Crippen LogP) is 4.61. The van der Waals surface area contributed by atoms with Crippen LogP contribution in [0.15, 0.2) is 54.1 Å². The van der Waals surface area contributed by atoms with E-state index in [-0.39, 0.29) is 24.1 Å². The number of allylic oxidation sites excluding steroid dienone is 2. The molecule has 1 heterocycles. The number of aromatic hydroxyl groups is 1. The van der Waals surface area contributed by atoms with E-state index in [0.29, 0.717) is 17.7 Å². The molecule has 1 atom stereocenters. The molecule has 1 aliphatic heterocycles. The van der Waals surface area contributed by atoms with Crippen LogP contribution in [0, 0.1) is 0 Å². The van der Waals surface area contributed by atoms with Crippen molar-refractivity contribution in [2.45, 2.75) is 32.8 Å². The van der Waals surface area contributed by atoms with Crippen molar-refractivity contribution < 1.29 is 14.6 Å². The molecular formula is C20H20O3. The third kappa shape index (κ3) is 3.14. The van der Waals surface area contributed by atoms with Crippen molar-refractivity contribution in [1.82, 2.24) is 0 Å². The fourth-order valence-electron chi connectivity index (χ4n) is 2.78. The number of Topliss-reactive ketones (excluding diaryl/α,β-unsaturated/α-hetero) is 1. The van der Waals surface area contributed by atoms with Crippen LogP contribution in [-0.4, -0.2) is 10.9 Å². The third-order valence-electron chi connectivity index (χ3n) is 4.04. The highest BCUT2D eigenvalue weighted by Gasteiger charge is 2.30. The van der Waals surface area contributed by atoms with Crippen LogP contribution in [0.25, 0.3) is 0 Å². The molecule has 0 spiro atoms. The monoisotopic (exact) mass is 308 g/mol. The first-order valence-corrected chi connectivity index (χ1v) is 7.79. The summed E-state index contributed by atoms with van der Waals surface area (Å²) in [5, 5.41) is 10.4. The first kappa shape index (κ1) is 15.3. The zero-order valence-corrected chi connectivity index (χ0v) is 13.4. The Morgan fingerprint density at radius 3 is 2.65 bits per heavy atom. The summed E-state index contributed by atoms with van der Waals surface area (Å²) in [6.45, 7) is 4.02. The summed E-state index contributed by atoms with van der Waals surface area (Å²) in [6, 6.07) is 13.3. The van der Waals surface area contributed by atoms with E-state index in [1.54, 1.807) is 6.07 Å². The van der Waals surface area contributed by atoms with Crippen molar-refractivity contribution in [1.29, 1.82) is 0 Å². The summed E-state index contributed by atoms with van der Waals surface area (Å²) < 4.78 is 5.95. The lowest BCUT2D eigenvalue weighted by atomic mass is 9.93. The number of ether oxygens (including phenoxy) is 1. The van der Waals surface area contributed by atoms with Crippen molar-refractivity contribution >= 4 is 5.78 Å². The summed E-state index contributed by atoms with van der Waals surface area (Å²) in [6.07, 6.45) is 2.59. The Morgan fingerprint density at radius 1 is 1.22 bits per heavy atom. The lowest BCUT2D eigenvalue weighted by Crippen LogP contribution is -2.20. The molecule has 0 saturated carbocycles. The van der Waals surface area contributed by atoms with Gasteiger partial charge < -0.3 is 9.84 Å². The van der Waals surface area contributed by atoms with Crippen molar-refractivity contribution in [2.24, 2.45) is 0 Å². The fourth-order valence-corrected chi connectivity index (χ4v) is 2.78. The molecule has 3 heteroatoms. The molecule has 118 valence electrons. The van der Waals surface area contributed by atoms with Gasteiger partial charge >= 0.3 is 0 Å². The molecule has 2 aromatic carbocycles. The van der Waals surface area contributed by atoms with E-state index in [9.17, 15) is 9.90 Å². The number of rotatable bonds is 3. The van der Waals surface area contributed by atoms with Crippen LogP contribution < -0.4 is 4.74 Å². The van der Waals surface area contributed by atoms with Crippen LogP contribution in [0.1, 0.15) is 47.9 Å². The van der Waals surface area contributed by atoms with Gasteiger partial charge in [0.1, 0.15) is 23.2 Å². The number of hydrogen-bond acceptors (Lipinski definition) is 3. The lowest BCUT2D eigenvalue weighted by Gasteiger charge is -2.26. The van der Waals surface area contributed by atoms with E-state index in [4.69, 9.17) is 4.74 Å². The molecule has 23 heavy (non-hydrogen) atoms. The van der Waals surface area contributed by atoms with E-state index in [1.807, 2.05) is 56.3 Å². The first-order valence-electron chi connectivity index (χ1n) is 7.79. The van der Waals surface area contributed by atoms with Crippen LogP contribution in [0.4, 0.5) is 0 Å². The number of ketones is 1. The van der Waals surface area contributed by atoms with Gasteiger partial charge in [0.25, 0.3) is 0 Å². The minimum atomic E-state index is -0.292. The van der Waals surface area contributed by atoms with Crippen LogP contribution in [-0.2, 0) is 6.42 Å². The molecule has 3 nitrogen and oxygen atoms in total. The van der Waals surface area contributed by atoms with Crippen molar-refractivity contribution in [2.75, 3.05) is 0 Å². The summed E-state index contributed by atoms with van der Waals surface area (Å²) in [5.74, 6) is 0.446. The smallest absolute Gasteiger partial charge is 0.174 e. The Bertz CT molecular complexity index is 756. The Hall–Kier alpha value is -2.55. The maximum atomic E-state index is 12.5. The molecule has 0 fully saturated rings. The topological polar surface area (TPSA) is 46.5 Å². The van der Waals surface area contributed by atoms with Gasteiger partial charge in [0.15, 0.2) is 5.78 Å². The van der Waals surface area contributed by atoms with Gasteiger partial charge in [0.2, 0.25) is 0 Å². The van der Waals surface area contributed by atoms with Crippen LogP contribution in [0.2, 0.25) is 0 Å². The highest BCUT2D eigenvalue weighted by Crippen LogP contribution is 2.40. The van der Waals surface area contributed by atoms with Gasteiger partial charge in [-0.05, 0) is 37.5 Å². The second-order valence-electron chi connectivity index (χ2n) is 6.08. The molecule has 3 rings (SSSR count). The zero-order chi connectivity index (χ0) is 16.4. The third-order valence-corrected chi connectivity index (χ3v) is 4.04. The van der Waals surface area contributed by atoms with Gasteiger partial charge in [-0.25, -0.2) is 0 Å². The maximum absolute atomic E-state index is 12.5. The van der Waals surface area contributed by atoms with E-state index in [1.165, 1.54) is 5.57 Å². The largest absolute Gasteiger partial charge is 0.507 e. The molecular weight excluding hydrogens is 288 g/mol. The minimum absolute atomic E-state index is 0.0523. The summed E-state index contributed by atoms with van der Waals surface area (Å²) >= 11 is 0. The SMILES string of the molecule is CC(C)=CCc1ccc2c(c1O)C(=O)CC(c1ccccc1)O2. The highest BCUT2D eigenvalue weighted by molar-refractivity contribution is 6.02. The van der Waals surface area contributed by atoms with Gasteiger partial charge in [0, 0.05) is 0 Å². The Labute approximate surface area is 136 Å². The normalized spacial score (nSPS) is 16.4. The summed E-state index contributed by atoms with van der Waals surface area (Å²) in [4.78, 5) is 12.5. The number of hydrogen-bond donors (Lipinski definition) is 1.